The summed E-state index contributed by atoms with van der Waals surface area (Å²) in [4.78, 5) is 25.3. The maximum atomic E-state index is 12.3. The Balaban J connectivity index is 2.04. The maximum Gasteiger partial charge on any atom is 0.311 e. The van der Waals surface area contributed by atoms with Gasteiger partial charge in [0.1, 0.15) is 0 Å². The lowest BCUT2D eigenvalue weighted by atomic mass is 9.82. The Hall–Kier alpha value is -1.11. The summed E-state index contributed by atoms with van der Waals surface area (Å²) in [6.45, 7) is 2.69. The highest BCUT2D eigenvalue weighted by atomic mass is 127. The Labute approximate surface area is 132 Å². The van der Waals surface area contributed by atoms with E-state index in [1.807, 2.05) is 24.3 Å². The van der Waals surface area contributed by atoms with Gasteiger partial charge in [-0.1, -0.05) is 12.1 Å². The van der Waals surface area contributed by atoms with Crippen molar-refractivity contribution >= 4 is 34.5 Å². The summed E-state index contributed by atoms with van der Waals surface area (Å²) in [6.07, 6.45) is 1.72. The molecule has 1 aliphatic rings. The Morgan fingerprint density at radius 1 is 1.45 bits per heavy atom. The number of likely N-dealkylation sites (tertiary alicyclic amines) is 1. The van der Waals surface area contributed by atoms with Crippen molar-refractivity contribution in [2.75, 3.05) is 13.1 Å². The molecule has 0 aromatic heterocycles. The van der Waals surface area contributed by atoms with Gasteiger partial charge in [0.05, 0.1) is 11.8 Å². The number of hydrogen-bond acceptors (Lipinski definition) is 2. The fourth-order valence-electron chi connectivity index (χ4n) is 2.56. The van der Waals surface area contributed by atoms with Crippen LogP contribution in [0.3, 0.4) is 0 Å². The van der Waals surface area contributed by atoms with Crippen molar-refractivity contribution in [2.24, 2.45) is 5.41 Å². The molecule has 1 unspecified atom stereocenters. The number of carboxylic acid groups (broad SMARTS) is 1. The summed E-state index contributed by atoms with van der Waals surface area (Å²) >= 11 is 2.22. The minimum atomic E-state index is -0.816. The van der Waals surface area contributed by atoms with Crippen LogP contribution < -0.4 is 0 Å². The zero-order valence-corrected chi connectivity index (χ0v) is 13.6. The first-order valence-electron chi connectivity index (χ1n) is 6.66. The van der Waals surface area contributed by atoms with E-state index in [-0.39, 0.29) is 5.91 Å². The van der Waals surface area contributed by atoms with Gasteiger partial charge in [0.15, 0.2) is 0 Å². The molecule has 1 atom stereocenters. The van der Waals surface area contributed by atoms with Gasteiger partial charge in [-0.15, -0.1) is 0 Å². The van der Waals surface area contributed by atoms with Crippen LogP contribution in [0.2, 0.25) is 0 Å². The fraction of sp³-hybridized carbons (Fsp3) is 0.467. The van der Waals surface area contributed by atoms with E-state index in [9.17, 15) is 14.7 Å². The minimum absolute atomic E-state index is 0.0131. The van der Waals surface area contributed by atoms with Crippen LogP contribution in [0.15, 0.2) is 24.3 Å². The Bertz CT molecular complexity index is 532. The van der Waals surface area contributed by atoms with Crippen LogP contribution in [0.5, 0.6) is 0 Å². The monoisotopic (exact) mass is 387 g/mol. The van der Waals surface area contributed by atoms with Crippen LogP contribution in [-0.4, -0.2) is 35.0 Å². The van der Waals surface area contributed by atoms with Crippen molar-refractivity contribution in [2.45, 2.75) is 26.2 Å². The minimum Gasteiger partial charge on any atom is -0.481 e. The van der Waals surface area contributed by atoms with Gasteiger partial charge in [-0.25, -0.2) is 0 Å². The quantitative estimate of drug-likeness (QED) is 0.812. The predicted octanol–water partition coefficient (Wildman–Crippen LogP) is 2.55. The zero-order valence-electron chi connectivity index (χ0n) is 11.4. The number of rotatable bonds is 3. The molecule has 108 valence electrons. The van der Waals surface area contributed by atoms with E-state index in [4.69, 9.17) is 0 Å². The van der Waals surface area contributed by atoms with Crippen molar-refractivity contribution in [1.82, 2.24) is 4.90 Å². The van der Waals surface area contributed by atoms with Crippen LogP contribution >= 0.6 is 22.6 Å². The lowest BCUT2D eigenvalue weighted by Crippen LogP contribution is -2.48. The Morgan fingerprint density at radius 3 is 2.85 bits per heavy atom. The largest absolute Gasteiger partial charge is 0.481 e. The van der Waals surface area contributed by atoms with E-state index in [1.165, 1.54) is 0 Å². The lowest BCUT2D eigenvalue weighted by Gasteiger charge is -2.37. The second-order valence-corrected chi connectivity index (χ2v) is 6.84. The van der Waals surface area contributed by atoms with Gasteiger partial charge in [-0.05, 0) is 60.1 Å². The second-order valence-electron chi connectivity index (χ2n) is 5.59. The third-order valence-corrected chi connectivity index (χ3v) is 4.48. The number of aliphatic carboxylic acids is 1. The van der Waals surface area contributed by atoms with Gasteiger partial charge in [-0.3, -0.25) is 9.59 Å². The molecule has 1 amide bonds. The number of hydrogen-bond donors (Lipinski definition) is 1. The van der Waals surface area contributed by atoms with E-state index in [0.717, 1.165) is 15.6 Å². The third-order valence-electron chi connectivity index (χ3n) is 3.81. The van der Waals surface area contributed by atoms with Gasteiger partial charge >= 0.3 is 5.97 Å². The van der Waals surface area contributed by atoms with E-state index >= 15 is 0 Å². The molecule has 1 aromatic rings. The number of carboxylic acids is 1. The molecule has 1 aliphatic heterocycles. The average Bonchev–Trinajstić information content (AvgIpc) is 2.38. The molecule has 0 bridgehead atoms. The maximum absolute atomic E-state index is 12.3. The highest BCUT2D eigenvalue weighted by molar-refractivity contribution is 14.1. The van der Waals surface area contributed by atoms with E-state index in [0.29, 0.717) is 25.9 Å². The molecule has 5 heteroatoms. The summed E-state index contributed by atoms with van der Waals surface area (Å²) < 4.78 is 1.10. The van der Waals surface area contributed by atoms with Crippen LogP contribution in [0.25, 0.3) is 0 Å². The fourth-order valence-corrected chi connectivity index (χ4v) is 3.17. The van der Waals surface area contributed by atoms with Gasteiger partial charge < -0.3 is 10.0 Å². The number of carbonyl (C=O) groups is 2. The summed E-state index contributed by atoms with van der Waals surface area (Å²) in [6, 6.07) is 7.83. The van der Waals surface area contributed by atoms with Crippen LogP contribution in [0.1, 0.15) is 25.3 Å². The first-order chi connectivity index (χ1) is 9.40. The Morgan fingerprint density at radius 2 is 2.20 bits per heavy atom. The van der Waals surface area contributed by atoms with E-state index in [1.54, 1.807) is 11.8 Å². The summed E-state index contributed by atoms with van der Waals surface area (Å²) in [5.74, 6) is -0.802. The van der Waals surface area contributed by atoms with Crippen molar-refractivity contribution in [3.05, 3.63) is 33.4 Å². The second kappa shape index (κ2) is 6.11. The topological polar surface area (TPSA) is 57.6 Å². The molecule has 2 rings (SSSR count). The molecule has 0 saturated carbocycles. The average molecular weight is 387 g/mol. The highest BCUT2D eigenvalue weighted by Crippen LogP contribution is 2.30. The molecule has 1 aromatic carbocycles. The molecule has 20 heavy (non-hydrogen) atoms. The molecule has 0 radical (unpaired) electrons. The first-order valence-corrected chi connectivity index (χ1v) is 7.74. The van der Waals surface area contributed by atoms with Crippen molar-refractivity contribution in [1.29, 1.82) is 0 Å². The van der Waals surface area contributed by atoms with Crippen LogP contribution in [-0.2, 0) is 16.0 Å². The van der Waals surface area contributed by atoms with Crippen molar-refractivity contribution in [3.8, 4) is 0 Å². The summed E-state index contributed by atoms with van der Waals surface area (Å²) in [5, 5.41) is 9.28. The van der Waals surface area contributed by atoms with E-state index < -0.39 is 11.4 Å². The van der Waals surface area contributed by atoms with Gasteiger partial charge in [0.25, 0.3) is 0 Å². The summed E-state index contributed by atoms with van der Waals surface area (Å²) in [5.41, 5.74) is 0.170. The SMILES string of the molecule is CC1(C(=O)O)CCCN(C(=O)Cc2cccc(I)c2)C1. The number of halogens is 1. The lowest BCUT2D eigenvalue weighted by molar-refractivity contribution is -0.153. The molecule has 1 heterocycles. The number of amides is 1. The number of nitrogens with zero attached hydrogens (tertiary/aromatic N) is 1. The normalized spacial score (nSPS) is 22.6. The molecule has 4 nitrogen and oxygen atoms in total. The molecular formula is C15H18INO3. The van der Waals surface area contributed by atoms with Gasteiger partial charge in [-0.2, -0.15) is 0 Å². The zero-order chi connectivity index (χ0) is 14.8. The van der Waals surface area contributed by atoms with Crippen molar-refractivity contribution < 1.29 is 14.7 Å². The highest BCUT2D eigenvalue weighted by Gasteiger charge is 2.39. The molecule has 0 spiro atoms. The van der Waals surface area contributed by atoms with Crippen LogP contribution in [0.4, 0.5) is 0 Å². The summed E-state index contributed by atoms with van der Waals surface area (Å²) in [7, 11) is 0. The van der Waals surface area contributed by atoms with Gasteiger partial charge in [0.2, 0.25) is 5.91 Å². The van der Waals surface area contributed by atoms with Crippen LogP contribution in [0, 0.1) is 8.99 Å². The number of piperidine rings is 1. The smallest absolute Gasteiger partial charge is 0.311 e. The van der Waals surface area contributed by atoms with E-state index in [2.05, 4.69) is 22.6 Å². The molecular weight excluding hydrogens is 369 g/mol. The van der Waals surface area contributed by atoms with Crippen molar-refractivity contribution in [3.63, 3.8) is 0 Å². The third kappa shape index (κ3) is 3.50. The first kappa shape index (κ1) is 15.3. The Kier molecular flexibility index (Phi) is 4.67. The number of carbonyl (C=O) groups excluding carboxylic acids is 1. The number of benzene rings is 1. The molecule has 1 fully saturated rings. The standard InChI is InChI=1S/C15H18INO3/c1-15(14(19)20)6-3-7-17(10-15)13(18)9-11-4-2-5-12(16)8-11/h2,4-5,8H,3,6-7,9-10H2,1H3,(H,19,20). The molecule has 0 aliphatic carbocycles. The molecule has 1 N–H and O–H groups in total. The molecule has 1 saturated heterocycles. The predicted molar refractivity (Wildman–Crippen MR) is 84.4 cm³/mol. The van der Waals surface area contributed by atoms with Gasteiger partial charge in [0, 0.05) is 16.7 Å².